The molecule has 1 saturated carbocycles. The summed E-state index contributed by atoms with van der Waals surface area (Å²) in [6.45, 7) is 0. The highest BCUT2D eigenvalue weighted by Crippen LogP contribution is 2.39. The Morgan fingerprint density at radius 1 is 1.16 bits per heavy atom. The van der Waals surface area contributed by atoms with Gasteiger partial charge in [-0.2, -0.15) is 5.10 Å². The van der Waals surface area contributed by atoms with E-state index < -0.39 is 0 Å². The average molecular weight is 428 g/mol. The number of hydrogen-bond donors (Lipinski definition) is 2. The van der Waals surface area contributed by atoms with Crippen molar-refractivity contribution in [2.24, 2.45) is 7.05 Å². The number of aromatic amines is 1. The number of carbonyl (C=O) groups is 1. The minimum Gasteiger partial charge on any atom is -0.497 e. The number of amides is 1. The fourth-order valence-corrected chi connectivity index (χ4v) is 4.03. The molecular weight excluding hydrogens is 404 g/mol. The number of fused-ring (bicyclic) bond motifs is 1. The molecule has 2 aromatic heterocycles. The fraction of sp³-hybridized carbons (Fsp3) is 0.240. The SMILES string of the molecule is COc1ccc(-c2cc(=O)c3cc(CC(=O)Nc4cc(C5CC5)[nH]n4)ccc3n2C)cc1. The lowest BCUT2D eigenvalue weighted by molar-refractivity contribution is -0.115. The number of nitrogens with zero attached hydrogens (tertiary/aromatic N) is 2. The summed E-state index contributed by atoms with van der Waals surface area (Å²) in [5, 5.41) is 10.6. The van der Waals surface area contributed by atoms with Crippen molar-refractivity contribution >= 4 is 22.6 Å². The highest BCUT2D eigenvalue weighted by molar-refractivity contribution is 5.92. The Morgan fingerprint density at radius 2 is 1.94 bits per heavy atom. The molecule has 2 aromatic carbocycles. The van der Waals surface area contributed by atoms with Crippen molar-refractivity contribution in [2.45, 2.75) is 25.2 Å². The Labute approximate surface area is 185 Å². The lowest BCUT2D eigenvalue weighted by atomic mass is 10.0. The van der Waals surface area contributed by atoms with Gasteiger partial charge in [0.2, 0.25) is 5.91 Å². The molecule has 2 N–H and O–H groups in total. The van der Waals surface area contributed by atoms with Gasteiger partial charge < -0.3 is 14.6 Å². The van der Waals surface area contributed by atoms with E-state index >= 15 is 0 Å². The highest BCUT2D eigenvalue weighted by atomic mass is 16.5. The second-order valence-corrected chi connectivity index (χ2v) is 8.24. The summed E-state index contributed by atoms with van der Waals surface area (Å²) in [6, 6.07) is 16.7. The van der Waals surface area contributed by atoms with E-state index in [4.69, 9.17) is 4.74 Å². The summed E-state index contributed by atoms with van der Waals surface area (Å²) < 4.78 is 7.21. The van der Waals surface area contributed by atoms with Crippen molar-refractivity contribution in [3.05, 3.63) is 76.1 Å². The summed E-state index contributed by atoms with van der Waals surface area (Å²) in [6.07, 6.45) is 2.51. The first-order valence-corrected chi connectivity index (χ1v) is 10.6. The molecule has 0 aliphatic heterocycles. The third-order valence-electron chi connectivity index (χ3n) is 5.95. The van der Waals surface area contributed by atoms with E-state index in [1.54, 1.807) is 19.2 Å². The normalized spacial score (nSPS) is 13.3. The minimum atomic E-state index is -0.162. The van der Waals surface area contributed by atoms with Gasteiger partial charge in [0.05, 0.1) is 24.7 Å². The molecule has 0 bridgehead atoms. The van der Waals surface area contributed by atoms with Crippen molar-refractivity contribution in [3.8, 4) is 17.0 Å². The molecule has 32 heavy (non-hydrogen) atoms. The van der Waals surface area contributed by atoms with Crippen LogP contribution in [0.5, 0.6) is 5.75 Å². The van der Waals surface area contributed by atoms with Crippen LogP contribution in [0.2, 0.25) is 0 Å². The maximum absolute atomic E-state index is 12.9. The zero-order valence-electron chi connectivity index (χ0n) is 18.0. The van der Waals surface area contributed by atoms with Crippen LogP contribution < -0.4 is 15.5 Å². The van der Waals surface area contributed by atoms with Crippen molar-refractivity contribution in [1.82, 2.24) is 14.8 Å². The van der Waals surface area contributed by atoms with Gasteiger partial charge in [-0.1, -0.05) is 6.07 Å². The van der Waals surface area contributed by atoms with Gasteiger partial charge in [-0.3, -0.25) is 14.7 Å². The number of methoxy groups -OCH3 is 1. The van der Waals surface area contributed by atoms with E-state index in [9.17, 15) is 9.59 Å². The topological polar surface area (TPSA) is 89.0 Å². The van der Waals surface area contributed by atoms with Crippen LogP contribution in [0.1, 0.15) is 30.0 Å². The first kappa shape index (κ1) is 20.1. The van der Waals surface area contributed by atoms with Crippen LogP contribution in [0.25, 0.3) is 22.2 Å². The Hall–Kier alpha value is -3.87. The molecule has 0 unspecified atom stereocenters. The van der Waals surface area contributed by atoms with Crippen LogP contribution in [0.15, 0.2) is 59.4 Å². The van der Waals surface area contributed by atoms with Crippen LogP contribution in [-0.4, -0.2) is 27.8 Å². The number of carbonyl (C=O) groups excluding carboxylic acids is 1. The molecule has 0 saturated heterocycles. The summed E-state index contributed by atoms with van der Waals surface area (Å²) in [7, 11) is 3.56. The second kappa shape index (κ2) is 8.00. The van der Waals surface area contributed by atoms with Crippen LogP contribution in [0, 0.1) is 0 Å². The summed E-state index contributed by atoms with van der Waals surface area (Å²) in [4.78, 5) is 25.4. The third kappa shape index (κ3) is 3.89. The van der Waals surface area contributed by atoms with Gasteiger partial charge in [0.1, 0.15) is 5.75 Å². The number of H-pyrrole nitrogens is 1. The van der Waals surface area contributed by atoms with E-state index in [2.05, 4.69) is 15.5 Å². The molecule has 5 rings (SSSR count). The number of nitrogens with one attached hydrogen (secondary N) is 2. The number of pyridine rings is 1. The van der Waals surface area contributed by atoms with Gasteiger partial charge in [0.15, 0.2) is 11.2 Å². The van der Waals surface area contributed by atoms with Crippen LogP contribution >= 0.6 is 0 Å². The molecular formula is C25H24N4O3. The van der Waals surface area contributed by atoms with Crippen molar-refractivity contribution in [1.29, 1.82) is 0 Å². The first-order valence-electron chi connectivity index (χ1n) is 10.6. The van der Waals surface area contributed by atoms with E-state index in [1.165, 1.54) is 12.8 Å². The number of anilines is 1. The standard InChI is InChI=1S/C25H24N4O3/c1-29-21-10-3-15(12-25(31)26-24-13-20(27-28-24)16-4-5-16)11-19(21)23(30)14-22(29)17-6-8-18(32-2)9-7-17/h3,6-11,13-14,16H,4-5,12H2,1-2H3,(H2,26,27,28,31). The summed E-state index contributed by atoms with van der Waals surface area (Å²) in [5.74, 6) is 1.69. The zero-order valence-corrected chi connectivity index (χ0v) is 18.0. The van der Waals surface area contributed by atoms with E-state index in [-0.39, 0.29) is 17.8 Å². The highest BCUT2D eigenvalue weighted by Gasteiger charge is 2.25. The van der Waals surface area contributed by atoms with Crippen molar-refractivity contribution in [2.75, 3.05) is 12.4 Å². The van der Waals surface area contributed by atoms with Crippen molar-refractivity contribution in [3.63, 3.8) is 0 Å². The predicted octanol–water partition coefficient (Wildman–Crippen LogP) is 4.00. The van der Waals surface area contributed by atoms with Crippen LogP contribution in [0.4, 0.5) is 5.82 Å². The maximum atomic E-state index is 12.9. The molecule has 2 heterocycles. The number of hydrogen-bond acceptors (Lipinski definition) is 4. The molecule has 1 aliphatic carbocycles. The third-order valence-corrected chi connectivity index (χ3v) is 5.95. The summed E-state index contributed by atoms with van der Waals surface area (Å²) >= 11 is 0. The zero-order chi connectivity index (χ0) is 22.2. The summed E-state index contributed by atoms with van der Waals surface area (Å²) in [5.41, 5.74) is 4.34. The average Bonchev–Trinajstić information content (AvgIpc) is 3.55. The van der Waals surface area contributed by atoms with Crippen LogP contribution in [-0.2, 0) is 18.3 Å². The van der Waals surface area contributed by atoms with E-state index in [1.807, 2.05) is 54.1 Å². The van der Waals surface area contributed by atoms with Crippen LogP contribution in [0.3, 0.4) is 0 Å². The van der Waals surface area contributed by atoms with Gasteiger partial charge >= 0.3 is 0 Å². The lowest BCUT2D eigenvalue weighted by Gasteiger charge is -2.14. The first-order chi connectivity index (χ1) is 15.5. The predicted molar refractivity (Wildman–Crippen MR) is 124 cm³/mol. The molecule has 7 nitrogen and oxygen atoms in total. The quantitative estimate of drug-likeness (QED) is 0.486. The number of aromatic nitrogens is 3. The van der Waals surface area contributed by atoms with Gasteiger partial charge in [-0.25, -0.2) is 0 Å². The van der Waals surface area contributed by atoms with E-state index in [0.717, 1.165) is 33.8 Å². The molecule has 0 radical (unpaired) electrons. The largest absolute Gasteiger partial charge is 0.497 e. The maximum Gasteiger partial charge on any atom is 0.229 e. The molecule has 1 aliphatic rings. The van der Waals surface area contributed by atoms with Gasteiger partial charge in [-0.05, 0) is 60.4 Å². The molecule has 162 valence electrons. The fourth-order valence-electron chi connectivity index (χ4n) is 4.03. The molecule has 7 heteroatoms. The van der Waals surface area contributed by atoms with Gasteiger partial charge in [0, 0.05) is 36.2 Å². The second-order valence-electron chi connectivity index (χ2n) is 8.24. The Bertz CT molecular complexity index is 1360. The van der Waals surface area contributed by atoms with Gasteiger partial charge in [-0.15, -0.1) is 0 Å². The minimum absolute atomic E-state index is 0.0763. The Balaban J connectivity index is 1.38. The number of rotatable bonds is 6. The monoisotopic (exact) mass is 428 g/mol. The number of benzene rings is 2. The Kier molecular flexibility index (Phi) is 5.01. The van der Waals surface area contributed by atoms with E-state index in [0.29, 0.717) is 17.1 Å². The number of ether oxygens (including phenoxy) is 1. The number of aryl methyl sites for hydroxylation is 1. The molecule has 1 fully saturated rings. The smallest absolute Gasteiger partial charge is 0.229 e. The molecule has 4 aromatic rings. The van der Waals surface area contributed by atoms with Crippen molar-refractivity contribution < 1.29 is 9.53 Å². The molecule has 0 spiro atoms. The van der Waals surface area contributed by atoms with Gasteiger partial charge in [0.25, 0.3) is 0 Å². The molecule has 1 amide bonds. The lowest BCUT2D eigenvalue weighted by Crippen LogP contribution is -2.15. The molecule has 0 atom stereocenters. The Morgan fingerprint density at radius 3 is 2.66 bits per heavy atom.